The molecule has 31 heavy (non-hydrogen) atoms. The van der Waals surface area contributed by atoms with Gasteiger partial charge in [-0.15, -0.1) is 6.58 Å². The Bertz CT molecular complexity index is 945. The quantitative estimate of drug-likeness (QED) is 0.451. The summed E-state index contributed by atoms with van der Waals surface area (Å²) in [7, 11) is 0. The molecule has 0 radical (unpaired) electrons. The number of carbonyl (C=O) groups excluding carboxylic acids is 1. The van der Waals surface area contributed by atoms with Crippen molar-refractivity contribution >= 4 is 11.8 Å². The maximum atomic E-state index is 13.4. The highest BCUT2D eigenvalue weighted by atomic mass is 19.1. The van der Waals surface area contributed by atoms with E-state index in [4.69, 9.17) is 14.6 Å². The van der Waals surface area contributed by atoms with Crippen molar-refractivity contribution in [3.8, 4) is 5.75 Å². The van der Waals surface area contributed by atoms with Crippen LogP contribution in [0, 0.1) is 5.82 Å². The van der Waals surface area contributed by atoms with Gasteiger partial charge in [0.1, 0.15) is 17.7 Å². The van der Waals surface area contributed by atoms with Crippen LogP contribution in [0.1, 0.15) is 30.9 Å². The number of aliphatic hydroxyl groups excluding tert-OH is 1. The second-order valence-electron chi connectivity index (χ2n) is 7.36. The van der Waals surface area contributed by atoms with E-state index in [0.29, 0.717) is 36.7 Å². The van der Waals surface area contributed by atoms with Gasteiger partial charge >= 0.3 is 0 Å². The number of aliphatic hydroxyl groups is 1. The fraction of sp³-hybridized carbons (Fsp3) is 0.333. The Morgan fingerprint density at radius 1 is 1.35 bits per heavy atom. The van der Waals surface area contributed by atoms with Gasteiger partial charge in [0.05, 0.1) is 6.61 Å². The number of nitrogens with zero attached hydrogens (tertiary/aromatic N) is 1. The van der Waals surface area contributed by atoms with E-state index < -0.39 is 11.6 Å². The standard InChI is InChI=1S/C24H27FN2O4/c1-3-12-24(23(29)26-16-18-6-4-7-20(25)15-18)17(2)31-22(27-24)19-8-10-21(11-9-19)30-14-5-13-28/h3-4,6-11,15,17,28H,1,5,12-14,16H2,2H3,(H,26,29)/t17-,24-/m1/s1. The lowest BCUT2D eigenvalue weighted by molar-refractivity contribution is -0.128. The van der Waals surface area contributed by atoms with Crippen molar-refractivity contribution in [2.45, 2.75) is 38.0 Å². The molecule has 2 N–H and O–H groups in total. The van der Waals surface area contributed by atoms with Crippen molar-refractivity contribution in [2.24, 2.45) is 4.99 Å². The van der Waals surface area contributed by atoms with Crippen LogP contribution in [0.4, 0.5) is 4.39 Å². The summed E-state index contributed by atoms with van der Waals surface area (Å²) in [6.07, 6.45) is 2.00. The Labute approximate surface area is 181 Å². The number of nitrogens with one attached hydrogen (secondary N) is 1. The molecule has 6 nitrogen and oxygen atoms in total. The normalized spacial score (nSPS) is 20.0. The Morgan fingerprint density at radius 3 is 2.81 bits per heavy atom. The van der Waals surface area contributed by atoms with Crippen LogP contribution in [0.2, 0.25) is 0 Å². The van der Waals surface area contributed by atoms with Gasteiger partial charge in [-0.2, -0.15) is 0 Å². The van der Waals surface area contributed by atoms with Crippen LogP contribution in [-0.4, -0.2) is 41.8 Å². The molecule has 7 heteroatoms. The predicted molar refractivity (Wildman–Crippen MR) is 117 cm³/mol. The highest BCUT2D eigenvalue weighted by Crippen LogP contribution is 2.32. The van der Waals surface area contributed by atoms with E-state index in [0.717, 1.165) is 5.56 Å². The predicted octanol–water partition coefficient (Wildman–Crippen LogP) is 3.38. The van der Waals surface area contributed by atoms with E-state index in [-0.39, 0.29) is 24.9 Å². The van der Waals surface area contributed by atoms with Gasteiger partial charge in [0.25, 0.3) is 5.91 Å². The molecule has 3 rings (SSSR count). The average molecular weight is 426 g/mol. The average Bonchev–Trinajstić information content (AvgIpc) is 3.10. The van der Waals surface area contributed by atoms with Gasteiger partial charge in [0.2, 0.25) is 5.90 Å². The maximum Gasteiger partial charge on any atom is 0.252 e. The molecule has 0 saturated carbocycles. The summed E-state index contributed by atoms with van der Waals surface area (Å²) >= 11 is 0. The van der Waals surface area contributed by atoms with Gasteiger partial charge in [-0.1, -0.05) is 18.2 Å². The van der Waals surface area contributed by atoms with Crippen LogP contribution < -0.4 is 10.1 Å². The molecule has 0 bridgehead atoms. The summed E-state index contributed by atoms with van der Waals surface area (Å²) in [5, 5.41) is 11.7. The minimum Gasteiger partial charge on any atom is -0.494 e. The molecule has 0 saturated heterocycles. The van der Waals surface area contributed by atoms with Gasteiger partial charge in [-0.3, -0.25) is 4.79 Å². The molecule has 1 heterocycles. The first-order valence-electron chi connectivity index (χ1n) is 10.2. The summed E-state index contributed by atoms with van der Waals surface area (Å²) < 4.78 is 24.9. The second-order valence-corrected chi connectivity index (χ2v) is 7.36. The van der Waals surface area contributed by atoms with Crippen LogP contribution in [0.15, 0.2) is 66.2 Å². The molecule has 1 aliphatic heterocycles. The first kappa shape index (κ1) is 22.5. The summed E-state index contributed by atoms with van der Waals surface area (Å²) in [5.74, 6) is 0.392. The second kappa shape index (κ2) is 10.2. The topological polar surface area (TPSA) is 80.2 Å². The van der Waals surface area contributed by atoms with Crippen LogP contribution in [0.5, 0.6) is 5.75 Å². The summed E-state index contributed by atoms with van der Waals surface area (Å²) in [6.45, 7) is 6.26. The lowest BCUT2D eigenvalue weighted by atomic mass is 9.89. The maximum absolute atomic E-state index is 13.4. The molecule has 1 aliphatic rings. The number of carbonyl (C=O) groups is 1. The molecule has 0 fully saturated rings. The largest absolute Gasteiger partial charge is 0.494 e. The van der Waals surface area contributed by atoms with Crippen LogP contribution in [-0.2, 0) is 16.1 Å². The number of hydrogen-bond donors (Lipinski definition) is 2. The Morgan fingerprint density at radius 2 is 2.13 bits per heavy atom. The third-order valence-electron chi connectivity index (χ3n) is 5.13. The number of benzene rings is 2. The Balaban J connectivity index is 1.76. The minimum absolute atomic E-state index is 0.0767. The fourth-order valence-electron chi connectivity index (χ4n) is 3.39. The van der Waals surface area contributed by atoms with Crippen LogP contribution >= 0.6 is 0 Å². The van der Waals surface area contributed by atoms with Crippen molar-refractivity contribution in [2.75, 3.05) is 13.2 Å². The van der Waals surface area contributed by atoms with E-state index in [2.05, 4.69) is 16.9 Å². The van der Waals surface area contributed by atoms with Gasteiger partial charge < -0.3 is 19.9 Å². The monoisotopic (exact) mass is 426 g/mol. The van der Waals surface area contributed by atoms with Gasteiger partial charge in [0.15, 0.2) is 5.54 Å². The van der Waals surface area contributed by atoms with Gasteiger partial charge in [-0.05, 0) is 48.9 Å². The molecule has 0 aliphatic carbocycles. The molecule has 2 aromatic carbocycles. The molecule has 0 spiro atoms. The molecular formula is C24H27FN2O4. The van der Waals surface area contributed by atoms with Crippen LogP contribution in [0.3, 0.4) is 0 Å². The third kappa shape index (κ3) is 5.30. The number of hydrogen-bond acceptors (Lipinski definition) is 5. The first-order valence-corrected chi connectivity index (χ1v) is 10.2. The SMILES string of the molecule is C=CC[C@@]1(C(=O)NCc2cccc(F)c2)N=C(c2ccc(OCCCO)cc2)O[C@@H]1C. The van der Waals surface area contributed by atoms with Gasteiger partial charge in [-0.25, -0.2) is 9.38 Å². The van der Waals surface area contributed by atoms with E-state index in [1.54, 1.807) is 37.3 Å². The number of halogens is 1. The molecule has 2 aromatic rings. The summed E-state index contributed by atoms with van der Waals surface area (Å²) in [4.78, 5) is 17.8. The van der Waals surface area contributed by atoms with E-state index >= 15 is 0 Å². The highest BCUT2D eigenvalue weighted by Gasteiger charge is 2.49. The van der Waals surface area contributed by atoms with Crippen LogP contribution in [0.25, 0.3) is 0 Å². The smallest absolute Gasteiger partial charge is 0.252 e. The Hall–Kier alpha value is -3.19. The van der Waals surface area contributed by atoms with Crippen molar-refractivity contribution in [3.05, 3.63) is 78.1 Å². The fourth-order valence-corrected chi connectivity index (χ4v) is 3.39. The van der Waals surface area contributed by atoms with Crippen molar-refractivity contribution in [1.82, 2.24) is 5.32 Å². The number of aliphatic imine (C=N–C) groups is 1. The molecular weight excluding hydrogens is 399 g/mol. The molecule has 0 aromatic heterocycles. The zero-order chi connectivity index (χ0) is 22.3. The molecule has 2 atom stereocenters. The van der Waals surface area contributed by atoms with Crippen molar-refractivity contribution in [3.63, 3.8) is 0 Å². The minimum atomic E-state index is -1.15. The van der Waals surface area contributed by atoms with Crippen molar-refractivity contribution < 1.29 is 23.8 Å². The lowest BCUT2D eigenvalue weighted by Gasteiger charge is -2.26. The van der Waals surface area contributed by atoms with Gasteiger partial charge in [0, 0.05) is 31.6 Å². The Kier molecular flexibility index (Phi) is 7.41. The number of rotatable bonds is 10. The third-order valence-corrected chi connectivity index (χ3v) is 5.13. The van der Waals surface area contributed by atoms with E-state index in [1.807, 2.05) is 12.1 Å². The first-order chi connectivity index (χ1) is 15.0. The number of amides is 1. The zero-order valence-corrected chi connectivity index (χ0v) is 17.5. The number of ether oxygens (including phenoxy) is 2. The molecule has 1 amide bonds. The highest BCUT2D eigenvalue weighted by molar-refractivity contribution is 6.00. The van der Waals surface area contributed by atoms with Crippen molar-refractivity contribution in [1.29, 1.82) is 0 Å². The summed E-state index contributed by atoms with van der Waals surface area (Å²) in [5.41, 5.74) is 0.237. The van der Waals surface area contributed by atoms with E-state index in [9.17, 15) is 9.18 Å². The van der Waals surface area contributed by atoms with E-state index in [1.165, 1.54) is 12.1 Å². The zero-order valence-electron chi connectivity index (χ0n) is 17.5. The lowest BCUT2D eigenvalue weighted by Crippen LogP contribution is -2.50. The summed E-state index contributed by atoms with van der Waals surface area (Å²) in [6, 6.07) is 13.3. The molecule has 164 valence electrons. The molecule has 0 unspecified atom stereocenters.